The number of piperidine rings is 1. The zero-order chi connectivity index (χ0) is 20.1. The molecule has 7 heteroatoms. The maximum Gasteiger partial charge on any atom is 0.289 e. The van der Waals surface area contributed by atoms with Crippen LogP contribution in [-0.4, -0.2) is 78.0 Å². The fraction of sp³-hybridized carbons (Fsp3) is 0.619. The molecule has 2 aromatic rings. The molecule has 0 N–H and O–H groups in total. The van der Waals surface area contributed by atoms with Gasteiger partial charge in [0.1, 0.15) is 11.6 Å². The minimum atomic E-state index is -0.0135. The third kappa shape index (κ3) is 5.23. The van der Waals surface area contributed by atoms with Crippen LogP contribution >= 0.6 is 0 Å². The van der Waals surface area contributed by atoms with Gasteiger partial charge in [0.25, 0.3) is 5.91 Å². The predicted molar refractivity (Wildman–Crippen MR) is 109 cm³/mol. The first-order valence-corrected chi connectivity index (χ1v) is 10.1. The normalized spacial score (nSPS) is 17.6. The van der Waals surface area contributed by atoms with Gasteiger partial charge in [-0.15, -0.1) is 0 Å². The smallest absolute Gasteiger partial charge is 0.289 e. The minimum Gasteiger partial charge on any atom is -0.455 e. The van der Waals surface area contributed by atoms with Gasteiger partial charge in [0.05, 0.1) is 6.54 Å². The predicted octanol–water partition coefficient (Wildman–Crippen LogP) is 2.51. The first-order valence-electron chi connectivity index (χ1n) is 10.1. The lowest BCUT2D eigenvalue weighted by Gasteiger charge is -2.32. The van der Waals surface area contributed by atoms with E-state index in [0.717, 1.165) is 50.5 Å². The summed E-state index contributed by atoms with van der Waals surface area (Å²) in [6.07, 6.45) is 7.09. The lowest BCUT2D eigenvalue weighted by molar-refractivity contribution is 0.0668. The van der Waals surface area contributed by atoms with Gasteiger partial charge in [0.15, 0.2) is 5.76 Å². The Bertz CT molecular complexity index is 764. The highest BCUT2D eigenvalue weighted by Crippen LogP contribution is 2.27. The fourth-order valence-corrected chi connectivity index (χ4v) is 3.84. The number of imidazole rings is 1. The van der Waals surface area contributed by atoms with Crippen molar-refractivity contribution in [2.24, 2.45) is 0 Å². The van der Waals surface area contributed by atoms with E-state index in [1.165, 1.54) is 0 Å². The van der Waals surface area contributed by atoms with Crippen LogP contribution < -0.4 is 0 Å². The van der Waals surface area contributed by atoms with E-state index < -0.39 is 0 Å². The Morgan fingerprint density at radius 3 is 2.82 bits per heavy atom. The van der Waals surface area contributed by atoms with Gasteiger partial charge in [-0.25, -0.2) is 4.98 Å². The first kappa shape index (κ1) is 20.6. The van der Waals surface area contributed by atoms with Crippen molar-refractivity contribution in [3.05, 3.63) is 41.9 Å². The molecule has 7 nitrogen and oxygen atoms in total. The standard InChI is InChI=1S/C21H33N5O2/c1-23(2)11-6-13-25-14-10-22-20(25)17-7-5-12-26(15-17)21(27)19-9-8-18(28-19)16-24(3)4/h8-10,14,17H,5-7,11-13,15-16H2,1-4H3. The van der Waals surface area contributed by atoms with Gasteiger partial charge < -0.3 is 23.7 Å². The molecule has 2 aromatic heterocycles. The van der Waals surface area contributed by atoms with Crippen molar-refractivity contribution in [1.29, 1.82) is 0 Å². The summed E-state index contributed by atoms with van der Waals surface area (Å²) in [5.74, 6) is 2.62. The molecule has 3 rings (SSSR count). The summed E-state index contributed by atoms with van der Waals surface area (Å²) in [4.78, 5) is 23.7. The Labute approximate surface area is 167 Å². The second-order valence-electron chi connectivity index (χ2n) is 8.23. The van der Waals surface area contributed by atoms with Gasteiger partial charge in [-0.3, -0.25) is 4.79 Å². The van der Waals surface area contributed by atoms with Gasteiger partial charge in [0, 0.05) is 37.9 Å². The quantitative estimate of drug-likeness (QED) is 0.697. The number of aromatic nitrogens is 2. The number of furan rings is 1. The van der Waals surface area contributed by atoms with Crippen molar-refractivity contribution >= 4 is 5.91 Å². The zero-order valence-electron chi connectivity index (χ0n) is 17.6. The first-order chi connectivity index (χ1) is 13.4. The topological polar surface area (TPSA) is 57.8 Å². The number of likely N-dealkylation sites (tertiary alicyclic amines) is 1. The second-order valence-corrected chi connectivity index (χ2v) is 8.23. The number of rotatable bonds is 8. The van der Waals surface area contributed by atoms with Crippen LogP contribution in [0.3, 0.4) is 0 Å². The number of carbonyl (C=O) groups excluding carboxylic acids is 1. The van der Waals surface area contributed by atoms with E-state index in [2.05, 4.69) is 34.7 Å². The summed E-state index contributed by atoms with van der Waals surface area (Å²) < 4.78 is 8.03. The van der Waals surface area contributed by atoms with E-state index in [0.29, 0.717) is 18.8 Å². The number of amides is 1. The molecule has 0 spiro atoms. The van der Waals surface area contributed by atoms with Crippen molar-refractivity contribution in [1.82, 2.24) is 24.3 Å². The molecular weight excluding hydrogens is 354 g/mol. The largest absolute Gasteiger partial charge is 0.455 e. The van der Waals surface area contributed by atoms with Crippen LogP contribution in [-0.2, 0) is 13.1 Å². The molecule has 1 amide bonds. The fourth-order valence-electron chi connectivity index (χ4n) is 3.84. The maximum atomic E-state index is 12.9. The average Bonchev–Trinajstić information content (AvgIpc) is 3.30. The molecule has 0 bridgehead atoms. The van der Waals surface area contributed by atoms with E-state index in [4.69, 9.17) is 4.42 Å². The zero-order valence-corrected chi connectivity index (χ0v) is 17.6. The molecule has 0 aliphatic carbocycles. The van der Waals surface area contributed by atoms with Gasteiger partial charge in [0.2, 0.25) is 0 Å². The van der Waals surface area contributed by atoms with Gasteiger partial charge >= 0.3 is 0 Å². The van der Waals surface area contributed by atoms with E-state index in [1.807, 2.05) is 36.2 Å². The van der Waals surface area contributed by atoms with Crippen molar-refractivity contribution in [2.45, 2.75) is 38.3 Å². The number of hydrogen-bond acceptors (Lipinski definition) is 5. The van der Waals surface area contributed by atoms with Crippen LogP contribution in [0.25, 0.3) is 0 Å². The third-order valence-corrected chi connectivity index (χ3v) is 5.17. The molecule has 1 saturated heterocycles. The second kappa shape index (κ2) is 9.39. The third-order valence-electron chi connectivity index (χ3n) is 5.17. The van der Waals surface area contributed by atoms with Crippen LogP contribution in [0.15, 0.2) is 28.9 Å². The van der Waals surface area contributed by atoms with Gasteiger partial charge in [-0.2, -0.15) is 0 Å². The Balaban J connectivity index is 1.63. The number of carbonyl (C=O) groups is 1. The van der Waals surface area contributed by atoms with Crippen LogP contribution in [0.5, 0.6) is 0 Å². The maximum absolute atomic E-state index is 12.9. The van der Waals surface area contributed by atoms with Crippen LogP contribution in [0, 0.1) is 0 Å². The average molecular weight is 388 g/mol. The lowest BCUT2D eigenvalue weighted by Crippen LogP contribution is -2.39. The summed E-state index contributed by atoms with van der Waals surface area (Å²) >= 11 is 0. The van der Waals surface area contributed by atoms with Crippen molar-refractivity contribution in [3.63, 3.8) is 0 Å². The molecule has 28 heavy (non-hydrogen) atoms. The molecule has 0 aromatic carbocycles. The SMILES string of the molecule is CN(C)CCCn1ccnc1C1CCCN(C(=O)c2ccc(CN(C)C)o2)C1. The highest BCUT2D eigenvalue weighted by atomic mass is 16.4. The van der Waals surface area contributed by atoms with Crippen LogP contribution in [0.2, 0.25) is 0 Å². The Morgan fingerprint density at radius 1 is 1.25 bits per heavy atom. The van der Waals surface area contributed by atoms with Gasteiger partial charge in [-0.05, 0) is 66.1 Å². The van der Waals surface area contributed by atoms with E-state index >= 15 is 0 Å². The monoisotopic (exact) mass is 387 g/mol. The highest BCUT2D eigenvalue weighted by molar-refractivity contribution is 5.91. The number of nitrogens with zero attached hydrogens (tertiary/aromatic N) is 5. The summed E-state index contributed by atoms with van der Waals surface area (Å²) in [6, 6.07) is 3.69. The molecule has 1 atom stereocenters. The summed E-state index contributed by atoms with van der Waals surface area (Å²) in [7, 11) is 8.16. The Kier molecular flexibility index (Phi) is 6.91. The van der Waals surface area contributed by atoms with Crippen molar-refractivity contribution < 1.29 is 9.21 Å². The Morgan fingerprint density at radius 2 is 2.07 bits per heavy atom. The molecule has 1 fully saturated rings. The number of hydrogen-bond donors (Lipinski definition) is 0. The van der Waals surface area contributed by atoms with Crippen LogP contribution in [0.1, 0.15) is 47.3 Å². The van der Waals surface area contributed by atoms with E-state index in [9.17, 15) is 4.79 Å². The molecule has 1 unspecified atom stereocenters. The molecule has 154 valence electrons. The van der Waals surface area contributed by atoms with Gasteiger partial charge in [-0.1, -0.05) is 0 Å². The molecular formula is C21H33N5O2. The van der Waals surface area contributed by atoms with Crippen LogP contribution in [0.4, 0.5) is 0 Å². The Hall–Kier alpha value is -2.12. The summed E-state index contributed by atoms with van der Waals surface area (Å²) in [5, 5.41) is 0. The molecule has 3 heterocycles. The summed E-state index contributed by atoms with van der Waals surface area (Å²) in [5.41, 5.74) is 0. The number of aryl methyl sites for hydroxylation is 1. The summed E-state index contributed by atoms with van der Waals surface area (Å²) in [6.45, 7) is 4.19. The minimum absolute atomic E-state index is 0.0135. The van der Waals surface area contributed by atoms with Crippen molar-refractivity contribution in [2.75, 3.05) is 47.8 Å². The van der Waals surface area contributed by atoms with Crippen molar-refractivity contribution in [3.8, 4) is 0 Å². The molecule has 1 aliphatic heterocycles. The molecule has 0 radical (unpaired) electrons. The highest BCUT2D eigenvalue weighted by Gasteiger charge is 2.29. The van der Waals surface area contributed by atoms with E-state index in [-0.39, 0.29) is 11.8 Å². The molecule has 1 aliphatic rings. The lowest BCUT2D eigenvalue weighted by atomic mass is 9.97. The van der Waals surface area contributed by atoms with E-state index in [1.54, 1.807) is 6.07 Å². The molecule has 0 saturated carbocycles.